The summed E-state index contributed by atoms with van der Waals surface area (Å²) < 4.78 is 10.7. The van der Waals surface area contributed by atoms with Crippen molar-refractivity contribution in [3.05, 3.63) is 24.3 Å². The summed E-state index contributed by atoms with van der Waals surface area (Å²) in [5.74, 6) is -0.107. The van der Waals surface area contributed by atoms with Crippen LogP contribution >= 0.6 is 0 Å². The SMILES string of the molecule is CC(C)(C)OC(=O)N1[C@@H]2CC[C@H](C2)[C@H]1C(=O)Nc1ccc(N2CCOCC2=O)cc1. The Morgan fingerprint density at radius 3 is 2.57 bits per heavy atom. The predicted octanol–water partition coefficient (Wildman–Crippen LogP) is 2.78. The fourth-order valence-corrected chi connectivity index (χ4v) is 4.63. The van der Waals surface area contributed by atoms with Crippen molar-refractivity contribution in [1.82, 2.24) is 4.90 Å². The zero-order valence-corrected chi connectivity index (χ0v) is 17.7. The molecule has 3 aliphatic rings. The van der Waals surface area contributed by atoms with Crippen LogP contribution in [0.25, 0.3) is 0 Å². The molecule has 8 heteroatoms. The summed E-state index contributed by atoms with van der Waals surface area (Å²) in [4.78, 5) is 41.1. The molecule has 2 bridgehead atoms. The molecule has 1 aliphatic carbocycles. The maximum Gasteiger partial charge on any atom is 0.411 e. The number of morpholine rings is 1. The first kappa shape index (κ1) is 20.7. The predicted molar refractivity (Wildman–Crippen MR) is 111 cm³/mol. The molecule has 1 N–H and O–H groups in total. The molecular weight excluding hydrogens is 386 g/mol. The second-order valence-corrected chi connectivity index (χ2v) is 9.19. The normalized spacial score (nSPS) is 26.1. The Morgan fingerprint density at radius 2 is 1.90 bits per heavy atom. The molecule has 2 heterocycles. The minimum absolute atomic E-state index is 0.0651. The monoisotopic (exact) mass is 415 g/mol. The molecule has 3 fully saturated rings. The summed E-state index contributed by atoms with van der Waals surface area (Å²) in [5, 5.41) is 2.94. The van der Waals surface area contributed by atoms with Gasteiger partial charge in [0.25, 0.3) is 5.91 Å². The number of hydrogen-bond acceptors (Lipinski definition) is 5. The zero-order chi connectivity index (χ0) is 21.5. The van der Waals surface area contributed by atoms with Crippen LogP contribution in [0.5, 0.6) is 0 Å². The van der Waals surface area contributed by atoms with Crippen LogP contribution in [-0.4, -0.2) is 60.3 Å². The van der Waals surface area contributed by atoms with Crippen molar-refractivity contribution in [3.8, 4) is 0 Å². The third kappa shape index (κ3) is 4.14. The van der Waals surface area contributed by atoms with Gasteiger partial charge in [-0.25, -0.2) is 4.79 Å². The highest BCUT2D eigenvalue weighted by Crippen LogP contribution is 2.43. The summed E-state index contributed by atoms with van der Waals surface area (Å²) in [6.45, 7) is 6.60. The summed E-state index contributed by atoms with van der Waals surface area (Å²) in [7, 11) is 0. The topological polar surface area (TPSA) is 88.2 Å². The number of carbonyl (C=O) groups is 3. The molecule has 3 amide bonds. The van der Waals surface area contributed by atoms with Gasteiger partial charge in [-0.3, -0.25) is 14.5 Å². The number of ether oxygens (including phenoxy) is 2. The van der Waals surface area contributed by atoms with E-state index < -0.39 is 17.7 Å². The molecule has 1 aromatic rings. The lowest BCUT2D eigenvalue weighted by atomic mass is 9.98. The molecule has 1 aromatic carbocycles. The molecular formula is C22H29N3O5. The minimum Gasteiger partial charge on any atom is -0.444 e. The first-order chi connectivity index (χ1) is 14.2. The molecule has 4 rings (SSSR count). The second kappa shape index (κ2) is 7.91. The van der Waals surface area contributed by atoms with E-state index in [2.05, 4.69) is 5.32 Å². The van der Waals surface area contributed by atoms with Crippen molar-refractivity contribution in [2.45, 2.75) is 57.7 Å². The average molecular weight is 415 g/mol. The number of hydrogen-bond donors (Lipinski definition) is 1. The fraction of sp³-hybridized carbons (Fsp3) is 0.591. The largest absolute Gasteiger partial charge is 0.444 e. The number of carbonyl (C=O) groups excluding carboxylic acids is 3. The molecule has 1 saturated carbocycles. The summed E-state index contributed by atoms with van der Waals surface area (Å²) in [6.07, 6.45) is 2.28. The Labute approximate surface area is 176 Å². The van der Waals surface area contributed by atoms with E-state index >= 15 is 0 Å². The number of anilines is 2. The lowest BCUT2D eigenvalue weighted by Gasteiger charge is -2.35. The van der Waals surface area contributed by atoms with Crippen LogP contribution in [0.3, 0.4) is 0 Å². The summed E-state index contributed by atoms with van der Waals surface area (Å²) >= 11 is 0. The summed E-state index contributed by atoms with van der Waals surface area (Å²) in [5.41, 5.74) is 0.806. The standard InChI is InChI=1S/C22H29N3O5/c1-22(2,3)30-21(28)25-17-7-4-14(12-17)19(25)20(27)23-15-5-8-16(9-6-15)24-10-11-29-13-18(24)26/h5-6,8-9,14,17,19H,4,7,10-13H2,1-3H3,(H,23,27)/t14-,17-,19+/m1/s1. The van der Waals surface area contributed by atoms with Crippen molar-refractivity contribution in [3.63, 3.8) is 0 Å². The van der Waals surface area contributed by atoms with Crippen molar-refractivity contribution in [2.24, 2.45) is 5.92 Å². The zero-order valence-electron chi connectivity index (χ0n) is 17.7. The van der Waals surface area contributed by atoms with E-state index in [-0.39, 0.29) is 30.4 Å². The number of likely N-dealkylation sites (tertiary alicyclic amines) is 1. The van der Waals surface area contributed by atoms with Crippen LogP contribution in [0.4, 0.5) is 16.2 Å². The van der Waals surface area contributed by atoms with E-state index in [1.807, 2.05) is 32.9 Å². The van der Waals surface area contributed by atoms with Gasteiger partial charge in [-0.15, -0.1) is 0 Å². The van der Waals surface area contributed by atoms with Crippen LogP contribution in [-0.2, 0) is 19.1 Å². The molecule has 8 nitrogen and oxygen atoms in total. The molecule has 0 spiro atoms. The molecule has 0 aromatic heterocycles. The molecule has 2 saturated heterocycles. The lowest BCUT2D eigenvalue weighted by molar-refractivity contribution is -0.125. The number of nitrogens with one attached hydrogen (secondary N) is 1. The maximum absolute atomic E-state index is 13.1. The number of amides is 3. The van der Waals surface area contributed by atoms with Gasteiger partial charge < -0.3 is 19.7 Å². The van der Waals surface area contributed by atoms with Crippen LogP contribution in [0.15, 0.2) is 24.3 Å². The van der Waals surface area contributed by atoms with Gasteiger partial charge in [0.1, 0.15) is 18.2 Å². The molecule has 3 atom stereocenters. The summed E-state index contributed by atoms with van der Waals surface area (Å²) in [6, 6.07) is 6.73. The highest BCUT2D eigenvalue weighted by atomic mass is 16.6. The Balaban J connectivity index is 1.44. The van der Waals surface area contributed by atoms with Crippen LogP contribution in [0, 0.1) is 5.92 Å². The Bertz CT molecular complexity index is 832. The molecule has 0 unspecified atom stereocenters. The van der Waals surface area contributed by atoms with Gasteiger partial charge in [0.2, 0.25) is 5.91 Å². The smallest absolute Gasteiger partial charge is 0.411 e. The van der Waals surface area contributed by atoms with Gasteiger partial charge in [-0.2, -0.15) is 0 Å². The van der Waals surface area contributed by atoms with Gasteiger partial charge in [0.05, 0.1) is 6.61 Å². The van der Waals surface area contributed by atoms with E-state index in [9.17, 15) is 14.4 Å². The first-order valence-electron chi connectivity index (χ1n) is 10.5. The van der Waals surface area contributed by atoms with Gasteiger partial charge in [-0.1, -0.05) is 0 Å². The molecule has 2 aliphatic heterocycles. The third-order valence-electron chi connectivity index (χ3n) is 5.89. The maximum atomic E-state index is 13.1. The number of benzene rings is 1. The first-order valence-corrected chi connectivity index (χ1v) is 10.5. The van der Waals surface area contributed by atoms with Crippen molar-refractivity contribution < 1.29 is 23.9 Å². The number of rotatable bonds is 3. The van der Waals surface area contributed by atoms with E-state index in [0.29, 0.717) is 18.8 Å². The van der Waals surface area contributed by atoms with Gasteiger partial charge in [-0.05, 0) is 70.2 Å². The molecule has 0 radical (unpaired) electrons. The van der Waals surface area contributed by atoms with Crippen LogP contribution in [0.1, 0.15) is 40.0 Å². The van der Waals surface area contributed by atoms with E-state index in [0.717, 1.165) is 24.9 Å². The lowest BCUT2D eigenvalue weighted by Crippen LogP contribution is -2.52. The van der Waals surface area contributed by atoms with Crippen molar-refractivity contribution in [2.75, 3.05) is 30.0 Å². The van der Waals surface area contributed by atoms with E-state index in [1.54, 1.807) is 21.9 Å². The van der Waals surface area contributed by atoms with Crippen molar-refractivity contribution in [1.29, 1.82) is 0 Å². The Hall–Kier alpha value is -2.61. The second-order valence-electron chi connectivity index (χ2n) is 9.19. The van der Waals surface area contributed by atoms with Gasteiger partial charge >= 0.3 is 6.09 Å². The van der Waals surface area contributed by atoms with Gasteiger partial charge in [0.15, 0.2) is 0 Å². The van der Waals surface area contributed by atoms with E-state index in [4.69, 9.17) is 9.47 Å². The average Bonchev–Trinajstić information content (AvgIpc) is 3.29. The Kier molecular flexibility index (Phi) is 5.44. The van der Waals surface area contributed by atoms with Crippen molar-refractivity contribution >= 4 is 29.3 Å². The molecule has 162 valence electrons. The molecule has 30 heavy (non-hydrogen) atoms. The highest BCUT2D eigenvalue weighted by Gasteiger charge is 2.52. The number of fused-ring (bicyclic) bond motifs is 2. The Morgan fingerprint density at radius 1 is 1.17 bits per heavy atom. The van der Waals surface area contributed by atoms with Gasteiger partial charge in [0, 0.05) is 24.0 Å². The van der Waals surface area contributed by atoms with Crippen LogP contribution < -0.4 is 10.2 Å². The minimum atomic E-state index is -0.604. The quantitative estimate of drug-likeness (QED) is 0.820. The van der Waals surface area contributed by atoms with Crippen LogP contribution in [0.2, 0.25) is 0 Å². The number of nitrogens with zero attached hydrogens (tertiary/aromatic N) is 2. The highest BCUT2D eigenvalue weighted by molar-refractivity contribution is 5.98. The fourth-order valence-electron chi connectivity index (χ4n) is 4.63. The third-order valence-corrected chi connectivity index (χ3v) is 5.89. The number of piperidine rings is 1. The van der Waals surface area contributed by atoms with E-state index in [1.165, 1.54) is 0 Å².